The van der Waals surface area contributed by atoms with Gasteiger partial charge in [0.2, 0.25) is 0 Å². The zero-order chi connectivity index (χ0) is 6.24. The maximum Gasteiger partial charge on any atom is 0.432 e. The van der Waals surface area contributed by atoms with Gasteiger partial charge in [-0.1, -0.05) is 12.1 Å². The summed E-state index contributed by atoms with van der Waals surface area (Å²) in [4.78, 5) is 0. The van der Waals surface area contributed by atoms with E-state index in [0.29, 0.717) is 0 Å². The van der Waals surface area contributed by atoms with Crippen molar-refractivity contribution in [3.05, 3.63) is 22.9 Å². The van der Waals surface area contributed by atoms with Crippen molar-refractivity contribution in [3.8, 4) is 0 Å². The van der Waals surface area contributed by atoms with Crippen molar-refractivity contribution in [1.29, 1.82) is 0 Å². The number of thiophene rings is 1. The molecule has 0 fully saturated rings. The van der Waals surface area contributed by atoms with Crippen molar-refractivity contribution in [3.63, 3.8) is 0 Å². The molecule has 1 aromatic rings. The van der Waals surface area contributed by atoms with E-state index in [4.69, 9.17) is 10.0 Å². The van der Waals surface area contributed by atoms with Crippen LogP contribution in [-0.4, -0.2) is 17.7 Å². The lowest BCUT2D eigenvalue weighted by atomic mass is 10.5. The van der Waals surface area contributed by atoms with Crippen LogP contribution in [0.1, 0.15) is 0 Å². The van der Waals surface area contributed by atoms with Gasteiger partial charge in [-0.05, 0) is 10.8 Å². The molecule has 0 aromatic carbocycles. The van der Waals surface area contributed by atoms with Crippen LogP contribution in [0.3, 0.4) is 0 Å². The molecule has 0 radical (unpaired) electrons. The molecule has 0 unspecified atom stereocenters. The van der Waals surface area contributed by atoms with Crippen LogP contribution in [0.4, 0.5) is 0 Å². The summed E-state index contributed by atoms with van der Waals surface area (Å²) in [6, 6.07) is 4.04. The fourth-order valence-electron chi connectivity index (χ4n) is 0.227. The molecule has 0 spiro atoms. The van der Waals surface area contributed by atoms with E-state index >= 15 is 0 Å². The normalized spacial score (nSPS) is 6.75. The summed E-state index contributed by atoms with van der Waals surface area (Å²) in [5.41, 5.74) is 0. The molecule has 4 heteroatoms. The highest BCUT2D eigenvalue weighted by Gasteiger charge is 1.58. The molecular formula is C4H7BO2S. The molecule has 0 aliphatic heterocycles. The summed E-state index contributed by atoms with van der Waals surface area (Å²) < 4.78 is 0. The lowest BCUT2D eigenvalue weighted by Gasteiger charge is -1.48. The Balaban J connectivity index is 0.000000145. The third kappa shape index (κ3) is 5.68. The molecule has 1 aromatic heterocycles. The van der Waals surface area contributed by atoms with E-state index in [-0.39, 0.29) is 0 Å². The molecule has 2 N–H and O–H groups in total. The average molecular weight is 130 g/mol. The first-order valence-corrected chi connectivity index (χ1v) is 3.05. The van der Waals surface area contributed by atoms with Crippen LogP contribution in [0.2, 0.25) is 0 Å². The Hall–Kier alpha value is -0.315. The van der Waals surface area contributed by atoms with Gasteiger partial charge < -0.3 is 10.0 Å². The maximum absolute atomic E-state index is 7.12. The molecule has 1 heterocycles. The van der Waals surface area contributed by atoms with Crippen LogP contribution < -0.4 is 0 Å². The third-order valence-electron chi connectivity index (χ3n) is 0.425. The van der Waals surface area contributed by atoms with Gasteiger partial charge in [0.05, 0.1) is 0 Å². The Kier molecular flexibility index (Phi) is 6.42. The van der Waals surface area contributed by atoms with Gasteiger partial charge in [-0.3, -0.25) is 0 Å². The van der Waals surface area contributed by atoms with Crippen molar-refractivity contribution in [1.82, 2.24) is 0 Å². The van der Waals surface area contributed by atoms with E-state index in [1.807, 2.05) is 22.9 Å². The van der Waals surface area contributed by atoms with Crippen molar-refractivity contribution in [2.24, 2.45) is 0 Å². The SMILES string of the molecule is OBO.c1ccsc1. The molecule has 0 amide bonds. The highest BCUT2D eigenvalue weighted by Crippen LogP contribution is 1.91. The molecule has 0 aliphatic carbocycles. The predicted octanol–water partition coefficient (Wildman–Crippen LogP) is -0.0144. The van der Waals surface area contributed by atoms with E-state index in [1.165, 1.54) is 0 Å². The monoisotopic (exact) mass is 130 g/mol. The Bertz CT molecular complexity index is 80.9. The second-order valence-corrected chi connectivity index (χ2v) is 1.75. The van der Waals surface area contributed by atoms with E-state index in [1.54, 1.807) is 11.3 Å². The fourth-order valence-corrected chi connectivity index (χ4v) is 0.680. The zero-order valence-electron chi connectivity index (χ0n) is 4.32. The molecule has 44 valence electrons. The Labute approximate surface area is 52.7 Å². The molecule has 0 atom stereocenters. The van der Waals surface area contributed by atoms with E-state index in [2.05, 4.69) is 0 Å². The molecule has 0 aliphatic rings. The van der Waals surface area contributed by atoms with Gasteiger partial charge >= 0.3 is 7.69 Å². The Morgan fingerprint density at radius 2 is 1.50 bits per heavy atom. The minimum Gasteiger partial charge on any atom is -0.430 e. The van der Waals surface area contributed by atoms with E-state index in [9.17, 15) is 0 Å². The second-order valence-electron chi connectivity index (χ2n) is 0.935. The smallest absolute Gasteiger partial charge is 0.430 e. The van der Waals surface area contributed by atoms with Crippen LogP contribution >= 0.6 is 11.3 Å². The summed E-state index contributed by atoms with van der Waals surface area (Å²) in [5.74, 6) is 0. The third-order valence-corrected chi connectivity index (χ3v) is 1.05. The summed E-state index contributed by atoms with van der Waals surface area (Å²) in [6.45, 7) is 0. The van der Waals surface area contributed by atoms with Gasteiger partial charge in [0.1, 0.15) is 0 Å². The van der Waals surface area contributed by atoms with Gasteiger partial charge in [-0.2, -0.15) is 11.3 Å². The second kappa shape index (κ2) is 6.68. The molecule has 0 bridgehead atoms. The standard InChI is InChI=1S/C4H4S.BH3O2/c1-2-4-5-3-1;2-1-3/h1-4H;1-3H. The first kappa shape index (κ1) is 7.68. The van der Waals surface area contributed by atoms with Crippen molar-refractivity contribution in [2.75, 3.05) is 0 Å². The molecule has 2 nitrogen and oxygen atoms in total. The van der Waals surface area contributed by atoms with Crippen molar-refractivity contribution >= 4 is 19.0 Å². The summed E-state index contributed by atoms with van der Waals surface area (Å²) in [5, 5.41) is 18.3. The minimum atomic E-state index is -0.750. The van der Waals surface area contributed by atoms with Crippen LogP contribution in [0, 0.1) is 0 Å². The zero-order valence-corrected chi connectivity index (χ0v) is 5.14. The highest BCUT2D eigenvalue weighted by molar-refractivity contribution is 7.07. The van der Waals surface area contributed by atoms with Gasteiger partial charge in [0, 0.05) is 0 Å². The van der Waals surface area contributed by atoms with Crippen molar-refractivity contribution in [2.45, 2.75) is 0 Å². The summed E-state index contributed by atoms with van der Waals surface area (Å²) in [7, 11) is -0.750. The Morgan fingerprint density at radius 1 is 1.12 bits per heavy atom. The topological polar surface area (TPSA) is 40.5 Å². The first-order chi connectivity index (χ1) is 3.91. The van der Waals surface area contributed by atoms with Crippen molar-refractivity contribution < 1.29 is 10.0 Å². The van der Waals surface area contributed by atoms with Crippen LogP contribution in [0.5, 0.6) is 0 Å². The lowest BCUT2D eigenvalue weighted by molar-refractivity contribution is 0.448. The van der Waals surface area contributed by atoms with Gasteiger partial charge in [-0.25, -0.2) is 0 Å². The van der Waals surface area contributed by atoms with Crippen LogP contribution in [0.25, 0.3) is 0 Å². The van der Waals surface area contributed by atoms with E-state index in [0.717, 1.165) is 0 Å². The average Bonchev–Trinajstić information content (AvgIpc) is 2.17. The number of hydrogen-bond donors (Lipinski definition) is 2. The van der Waals surface area contributed by atoms with Gasteiger partial charge in [-0.15, -0.1) is 0 Å². The quantitative estimate of drug-likeness (QED) is 0.484. The van der Waals surface area contributed by atoms with Crippen LogP contribution in [0.15, 0.2) is 22.9 Å². The largest absolute Gasteiger partial charge is 0.432 e. The van der Waals surface area contributed by atoms with Gasteiger partial charge in [0.25, 0.3) is 0 Å². The van der Waals surface area contributed by atoms with Gasteiger partial charge in [0.15, 0.2) is 0 Å². The fraction of sp³-hybridized carbons (Fsp3) is 0. The maximum atomic E-state index is 7.12. The number of hydrogen-bond acceptors (Lipinski definition) is 3. The molecular weight excluding hydrogens is 123 g/mol. The predicted molar refractivity (Wildman–Crippen MR) is 35.9 cm³/mol. The lowest BCUT2D eigenvalue weighted by Crippen LogP contribution is -1.75. The summed E-state index contributed by atoms with van der Waals surface area (Å²) in [6.07, 6.45) is 0. The molecule has 1 rings (SSSR count). The summed E-state index contributed by atoms with van der Waals surface area (Å²) >= 11 is 1.71. The Morgan fingerprint density at radius 3 is 1.62 bits per heavy atom. The highest BCUT2D eigenvalue weighted by atomic mass is 32.1. The molecule has 0 saturated carbocycles. The molecule has 0 saturated heterocycles. The van der Waals surface area contributed by atoms with Crippen LogP contribution in [-0.2, 0) is 0 Å². The number of rotatable bonds is 0. The molecule has 8 heavy (non-hydrogen) atoms. The first-order valence-electron chi connectivity index (χ1n) is 2.10. The van der Waals surface area contributed by atoms with E-state index < -0.39 is 7.69 Å². The minimum absolute atomic E-state index is 0.750.